The fourth-order valence-corrected chi connectivity index (χ4v) is 2.04. The molecule has 0 saturated heterocycles. The summed E-state index contributed by atoms with van der Waals surface area (Å²) in [4.78, 5) is 0. The van der Waals surface area contributed by atoms with Crippen LogP contribution in [0.5, 0.6) is 5.75 Å². The van der Waals surface area contributed by atoms with Crippen LogP contribution in [-0.2, 0) is 13.2 Å². The zero-order valence-corrected chi connectivity index (χ0v) is 12.9. The van der Waals surface area contributed by atoms with Gasteiger partial charge >= 0.3 is 0 Å². The summed E-state index contributed by atoms with van der Waals surface area (Å²) in [5.41, 5.74) is 0.894. The van der Waals surface area contributed by atoms with E-state index in [2.05, 4.69) is 19.2 Å². The quantitative estimate of drug-likeness (QED) is 0.823. The van der Waals surface area contributed by atoms with Crippen molar-refractivity contribution in [2.45, 2.75) is 27.0 Å². The molecule has 1 heterocycles. The van der Waals surface area contributed by atoms with Crippen LogP contribution in [0.1, 0.15) is 25.2 Å². The maximum atomic E-state index is 13.7. The summed E-state index contributed by atoms with van der Waals surface area (Å²) in [5, 5.41) is 3.36. The second-order valence-corrected chi connectivity index (χ2v) is 5.64. The highest BCUT2D eigenvalue weighted by atomic mass is 35.5. The van der Waals surface area contributed by atoms with E-state index in [0.717, 1.165) is 17.9 Å². The van der Waals surface area contributed by atoms with Crippen molar-refractivity contribution < 1.29 is 13.5 Å². The molecule has 0 fully saturated rings. The van der Waals surface area contributed by atoms with Gasteiger partial charge in [0.25, 0.3) is 0 Å². The molecule has 0 unspecified atom stereocenters. The molecule has 2 aromatic rings. The van der Waals surface area contributed by atoms with Gasteiger partial charge < -0.3 is 14.5 Å². The van der Waals surface area contributed by atoms with E-state index in [1.165, 1.54) is 6.07 Å². The molecule has 114 valence electrons. The van der Waals surface area contributed by atoms with Crippen molar-refractivity contribution in [2.24, 2.45) is 5.92 Å². The van der Waals surface area contributed by atoms with E-state index in [4.69, 9.17) is 20.8 Å². The van der Waals surface area contributed by atoms with Crippen molar-refractivity contribution in [3.05, 3.63) is 52.7 Å². The lowest BCUT2D eigenvalue weighted by Crippen LogP contribution is -2.19. The summed E-state index contributed by atoms with van der Waals surface area (Å²) in [5.74, 6) is 0.977. The van der Waals surface area contributed by atoms with Gasteiger partial charge in [-0.15, -0.1) is 0 Å². The molecule has 0 spiro atoms. The predicted molar refractivity (Wildman–Crippen MR) is 81.0 cm³/mol. The number of hydrogen-bond donors (Lipinski definition) is 1. The molecule has 1 aromatic carbocycles. The van der Waals surface area contributed by atoms with Crippen LogP contribution in [0.4, 0.5) is 4.39 Å². The number of ether oxygens (including phenoxy) is 1. The summed E-state index contributed by atoms with van der Waals surface area (Å²) >= 11 is 5.72. The predicted octanol–water partition coefficient (Wildman–Crippen LogP) is 4.40. The Balaban J connectivity index is 1.94. The smallest absolute Gasteiger partial charge is 0.183 e. The van der Waals surface area contributed by atoms with Crippen molar-refractivity contribution in [3.8, 4) is 5.75 Å². The Bertz CT molecular complexity index is 583. The lowest BCUT2D eigenvalue weighted by atomic mass is 10.2. The molecule has 0 aliphatic heterocycles. The summed E-state index contributed by atoms with van der Waals surface area (Å²) < 4.78 is 24.6. The fraction of sp³-hybridized carbons (Fsp3) is 0.375. The zero-order valence-electron chi connectivity index (χ0n) is 12.2. The molecule has 1 N–H and O–H groups in total. The van der Waals surface area contributed by atoms with Crippen LogP contribution >= 0.6 is 11.6 Å². The van der Waals surface area contributed by atoms with Gasteiger partial charge in [-0.1, -0.05) is 31.5 Å². The van der Waals surface area contributed by atoms with Crippen LogP contribution < -0.4 is 10.1 Å². The molecule has 0 aliphatic rings. The number of benzene rings is 1. The first kappa shape index (κ1) is 15.9. The van der Waals surface area contributed by atoms with Crippen molar-refractivity contribution >= 4 is 11.6 Å². The molecule has 0 atom stereocenters. The van der Waals surface area contributed by atoms with Gasteiger partial charge in [-0.25, -0.2) is 4.39 Å². The minimum Gasteiger partial charge on any atom is -0.486 e. The number of halogens is 2. The molecule has 0 aliphatic carbocycles. The van der Waals surface area contributed by atoms with Crippen molar-refractivity contribution in [1.82, 2.24) is 5.32 Å². The standard InChI is InChI=1S/C16H19ClFNO2/c1-11(2)8-19-9-15-12(6-7-20-15)10-21-14-5-3-4-13(17)16(14)18/h3-7,11,19H,8-10H2,1-2H3. The molecule has 1 aromatic heterocycles. The van der Waals surface area contributed by atoms with E-state index in [-0.39, 0.29) is 17.4 Å². The maximum Gasteiger partial charge on any atom is 0.183 e. The monoisotopic (exact) mass is 311 g/mol. The molecule has 0 radical (unpaired) electrons. The molecule has 2 rings (SSSR count). The van der Waals surface area contributed by atoms with Crippen molar-refractivity contribution in [1.29, 1.82) is 0 Å². The topological polar surface area (TPSA) is 34.4 Å². The largest absolute Gasteiger partial charge is 0.486 e. The third-order valence-electron chi connectivity index (χ3n) is 2.98. The first-order valence-electron chi connectivity index (χ1n) is 6.90. The average Bonchev–Trinajstić information content (AvgIpc) is 2.88. The van der Waals surface area contributed by atoms with Crippen molar-refractivity contribution in [3.63, 3.8) is 0 Å². The van der Waals surface area contributed by atoms with E-state index in [1.54, 1.807) is 18.4 Å². The maximum absolute atomic E-state index is 13.7. The Morgan fingerprint density at radius 1 is 1.33 bits per heavy atom. The normalized spacial score (nSPS) is 11.1. The Hall–Kier alpha value is -1.52. The van der Waals surface area contributed by atoms with Gasteiger partial charge in [0.2, 0.25) is 0 Å². The Morgan fingerprint density at radius 3 is 2.90 bits per heavy atom. The van der Waals surface area contributed by atoms with E-state index < -0.39 is 5.82 Å². The number of hydrogen-bond acceptors (Lipinski definition) is 3. The van der Waals surface area contributed by atoms with Gasteiger partial charge in [-0.2, -0.15) is 0 Å². The summed E-state index contributed by atoms with van der Waals surface area (Å²) in [6, 6.07) is 6.52. The second kappa shape index (κ2) is 7.48. The van der Waals surface area contributed by atoms with Crippen LogP contribution in [0.15, 0.2) is 34.9 Å². The van der Waals surface area contributed by atoms with Crippen LogP contribution in [0.25, 0.3) is 0 Å². The van der Waals surface area contributed by atoms with E-state index >= 15 is 0 Å². The Kier molecular flexibility index (Phi) is 5.65. The third kappa shape index (κ3) is 4.48. The molecule has 0 amide bonds. The van der Waals surface area contributed by atoms with Crippen molar-refractivity contribution in [2.75, 3.05) is 6.54 Å². The zero-order chi connectivity index (χ0) is 15.2. The number of nitrogens with one attached hydrogen (secondary N) is 1. The number of rotatable bonds is 7. The van der Waals surface area contributed by atoms with Gasteiger partial charge in [0.15, 0.2) is 11.6 Å². The lowest BCUT2D eigenvalue weighted by molar-refractivity contribution is 0.286. The third-order valence-corrected chi connectivity index (χ3v) is 3.27. The highest BCUT2D eigenvalue weighted by molar-refractivity contribution is 6.30. The van der Waals surface area contributed by atoms with Crippen LogP contribution in [-0.4, -0.2) is 6.54 Å². The van der Waals surface area contributed by atoms with E-state index in [9.17, 15) is 4.39 Å². The average molecular weight is 312 g/mol. The van der Waals surface area contributed by atoms with Gasteiger partial charge in [-0.05, 0) is 30.7 Å². The van der Waals surface area contributed by atoms with Gasteiger partial charge in [0.1, 0.15) is 12.4 Å². The van der Waals surface area contributed by atoms with E-state index in [0.29, 0.717) is 12.5 Å². The minimum absolute atomic E-state index is 0.0542. The molecule has 0 saturated carbocycles. The first-order valence-corrected chi connectivity index (χ1v) is 7.28. The van der Waals surface area contributed by atoms with Gasteiger partial charge in [-0.3, -0.25) is 0 Å². The summed E-state index contributed by atoms with van der Waals surface area (Å²) in [6.07, 6.45) is 1.61. The summed E-state index contributed by atoms with van der Waals surface area (Å²) in [7, 11) is 0. The van der Waals surface area contributed by atoms with Crippen LogP contribution in [0.2, 0.25) is 5.02 Å². The Morgan fingerprint density at radius 2 is 2.14 bits per heavy atom. The van der Waals surface area contributed by atoms with Crippen LogP contribution in [0.3, 0.4) is 0 Å². The molecule has 5 heteroatoms. The lowest BCUT2D eigenvalue weighted by Gasteiger charge is -2.09. The molecular formula is C16H19ClFNO2. The minimum atomic E-state index is -0.540. The highest BCUT2D eigenvalue weighted by Crippen LogP contribution is 2.25. The van der Waals surface area contributed by atoms with Gasteiger partial charge in [0, 0.05) is 5.56 Å². The SMILES string of the molecule is CC(C)CNCc1occc1COc1cccc(Cl)c1F. The summed E-state index contributed by atoms with van der Waals surface area (Å²) in [6.45, 7) is 6.06. The number of furan rings is 1. The molecule has 3 nitrogen and oxygen atoms in total. The molecular weight excluding hydrogens is 293 g/mol. The van der Waals surface area contributed by atoms with Crippen LogP contribution in [0, 0.1) is 11.7 Å². The van der Waals surface area contributed by atoms with Gasteiger partial charge in [0.05, 0.1) is 17.8 Å². The molecule has 0 bridgehead atoms. The Labute approximate surface area is 129 Å². The fourth-order valence-electron chi connectivity index (χ4n) is 1.88. The first-order chi connectivity index (χ1) is 10.1. The second-order valence-electron chi connectivity index (χ2n) is 5.23. The highest BCUT2D eigenvalue weighted by Gasteiger charge is 2.11. The molecule has 21 heavy (non-hydrogen) atoms. The van der Waals surface area contributed by atoms with E-state index in [1.807, 2.05) is 6.07 Å².